The van der Waals surface area contributed by atoms with E-state index in [9.17, 15) is 19.2 Å². The van der Waals surface area contributed by atoms with Crippen molar-refractivity contribution < 1.29 is 28.7 Å². The second-order valence-corrected chi connectivity index (χ2v) is 13.4. The predicted molar refractivity (Wildman–Crippen MR) is 195 cm³/mol. The number of rotatable bonds is 12. The number of hydrogen-bond donors (Lipinski definition) is 2. The molecule has 51 heavy (non-hydrogen) atoms. The third-order valence-electron chi connectivity index (χ3n) is 10.3. The monoisotopic (exact) mass is 690 g/mol. The van der Waals surface area contributed by atoms with Gasteiger partial charge in [0.1, 0.15) is 0 Å². The van der Waals surface area contributed by atoms with Gasteiger partial charge in [-0.1, -0.05) is 24.3 Å². The van der Waals surface area contributed by atoms with Crippen LogP contribution in [0.5, 0.6) is 0 Å². The Hall–Kier alpha value is -4.88. The number of nitrogens with one attached hydrogen (secondary N) is 2. The van der Waals surface area contributed by atoms with Crippen LogP contribution in [-0.4, -0.2) is 125 Å². The molecule has 2 N–H and O–H groups in total. The van der Waals surface area contributed by atoms with Gasteiger partial charge in [0.05, 0.1) is 37.6 Å². The van der Waals surface area contributed by atoms with Crippen LogP contribution in [0.4, 0.5) is 11.4 Å². The maximum absolute atomic E-state index is 13.6. The third kappa shape index (κ3) is 6.33. The Bertz CT molecular complexity index is 1880. The third-order valence-corrected chi connectivity index (χ3v) is 10.3. The molecule has 4 amide bonds. The summed E-state index contributed by atoms with van der Waals surface area (Å²) in [5.74, 6) is -1.06. The summed E-state index contributed by atoms with van der Waals surface area (Å²) in [6.45, 7) is 8.46. The summed E-state index contributed by atoms with van der Waals surface area (Å²) in [5.41, 5.74) is 4.20. The van der Waals surface area contributed by atoms with Crippen molar-refractivity contribution >= 4 is 56.5 Å². The van der Waals surface area contributed by atoms with Crippen molar-refractivity contribution in [3.8, 4) is 0 Å². The molecule has 12 nitrogen and oxygen atoms in total. The molecule has 4 aromatic carbocycles. The standard InChI is InChI=1S/C39H42N6O6/c46-36-30-6-1-4-26-22-28(42-14-18-50-19-15-42)24-32(34(26)30)38(48)44(36)12-10-40-8-3-9-41-11-13-45-37(47)31-7-2-5-27-23-29(43-16-20-51-21-17-43)25-33(35(27)31)39(45)49/h1-2,4-7,22-25,40-41H,3,8-21H2. The Morgan fingerprint density at radius 3 is 1.35 bits per heavy atom. The molecule has 2 saturated heterocycles. The number of carbonyl (C=O) groups is 4. The lowest BCUT2D eigenvalue weighted by molar-refractivity contribution is 0.0597. The summed E-state index contributed by atoms with van der Waals surface area (Å²) in [6, 6.07) is 19.2. The predicted octanol–water partition coefficient (Wildman–Crippen LogP) is 3.13. The molecule has 4 heterocycles. The molecular formula is C39H42N6O6. The van der Waals surface area contributed by atoms with Crippen LogP contribution in [0, 0.1) is 0 Å². The zero-order chi connectivity index (χ0) is 34.9. The molecule has 0 spiro atoms. The van der Waals surface area contributed by atoms with Gasteiger partial charge in [0.15, 0.2) is 0 Å². The maximum atomic E-state index is 13.6. The second-order valence-electron chi connectivity index (χ2n) is 13.4. The van der Waals surface area contributed by atoms with E-state index in [-0.39, 0.29) is 36.7 Å². The number of nitrogens with zero attached hydrogens (tertiary/aromatic N) is 4. The molecule has 0 unspecified atom stereocenters. The van der Waals surface area contributed by atoms with E-state index < -0.39 is 0 Å². The molecule has 0 aliphatic carbocycles. The van der Waals surface area contributed by atoms with Crippen molar-refractivity contribution in [2.45, 2.75) is 6.42 Å². The highest BCUT2D eigenvalue weighted by molar-refractivity contribution is 6.27. The molecule has 264 valence electrons. The van der Waals surface area contributed by atoms with Crippen molar-refractivity contribution in [2.24, 2.45) is 0 Å². The van der Waals surface area contributed by atoms with E-state index in [0.29, 0.717) is 74.9 Å². The molecular weight excluding hydrogens is 648 g/mol. The number of hydrogen-bond acceptors (Lipinski definition) is 10. The van der Waals surface area contributed by atoms with Crippen molar-refractivity contribution in [2.75, 3.05) is 102 Å². The second kappa shape index (κ2) is 14.4. The molecule has 0 bridgehead atoms. The van der Waals surface area contributed by atoms with Gasteiger partial charge in [0.25, 0.3) is 23.6 Å². The first-order valence-corrected chi connectivity index (χ1v) is 17.9. The van der Waals surface area contributed by atoms with E-state index in [1.807, 2.05) is 36.4 Å². The molecule has 2 fully saturated rings. The van der Waals surface area contributed by atoms with E-state index >= 15 is 0 Å². The Morgan fingerprint density at radius 1 is 0.510 bits per heavy atom. The Morgan fingerprint density at radius 2 is 0.922 bits per heavy atom. The Balaban J connectivity index is 0.818. The van der Waals surface area contributed by atoms with Gasteiger partial charge in [-0.05, 0) is 66.7 Å². The minimum atomic E-state index is -0.265. The summed E-state index contributed by atoms with van der Waals surface area (Å²) in [5, 5.41) is 9.96. The number of amides is 4. The van der Waals surface area contributed by atoms with E-state index in [1.165, 1.54) is 9.80 Å². The quantitative estimate of drug-likeness (QED) is 0.169. The molecule has 12 heteroatoms. The van der Waals surface area contributed by atoms with Crippen molar-refractivity contribution in [3.05, 3.63) is 82.9 Å². The summed E-state index contributed by atoms with van der Waals surface area (Å²) in [4.78, 5) is 61.2. The lowest BCUT2D eigenvalue weighted by Crippen LogP contribution is -2.44. The van der Waals surface area contributed by atoms with Gasteiger partial charge in [0.2, 0.25) is 0 Å². The molecule has 0 radical (unpaired) electrons. The number of carbonyl (C=O) groups excluding carboxylic acids is 4. The smallest absolute Gasteiger partial charge is 0.261 e. The fourth-order valence-corrected chi connectivity index (χ4v) is 7.67. The molecule has 4 aromatic rings. The molecule has 8 rings (SSSR count). The SMILES string of the molecule is O=C1c2cccc3cc(N4CCOCC4)cc(c23)C(=O)N1CCNCCCNCCN1C(=O)c2cccc3cc(N4CCOCC4)cc(c23)C1=O. The van der Waals surface area contributed by atoms with Crippen molar-refractivity contribution in [3.63, 3.8) is 0 Å². The lowest BCUT2D eigenvalue weighted by Gasteiger charge is -2.32. The van der Waals surface area contributed by atoms with Crippen LogP contribution in [0.2, 0.25) is 0 Å². The van der Waals surface area contributed by atoms with E-state index in [1.54, 1.807) is 12.1 Å². The highest BCUT2D eigenvalue weighted by Gasteiger charge is 2.35. The highest BCUT2D eigenvalue weighted by Crippen LogP contribution is 2.35. The minimum absolute atomic E-state index is 0.264. The van der Waals surface area contributed by atoms with Gasteiger partial charge >= 0.3 is 0 Å². The Labute approximate surface area is 296 Å². The number of ether oxygens (including phenoxy) is 2. The fourth-order valence-electron chi connectivity index (χ4n) is 7.67. The van der Waals surface area contributed by atoms with Gasteiger partial charge in [-0.3, -0.25) is 29.0 Å². The number of anilines is 2. The van der Waals surface area contributed by atoms with Crippen molar-refractivity contribution in [1.29, 1.82) is 0 Å². The normalized spacial score (nSPS) is 17.7. The number of imide groups is 2. The average molecular weight is 691 g/mol. The summed E-state index contributed by atoms with van der Waals surface area (Å²) < 4.78 is 11.0. The van der Waals surface area contributed by atoms with Crippen LogP contribution in [-0.2, 0) is 9.47 Å². The van der Waals surface area contributed by atoms with Crippen LogP contribution < -0.4 is 20.4 Å². The summed E-state index contributed by atoms with van der Waals surface area (Å²) in [7, 11) is 0. The fraction of sp³-hybridized carbons (Fsp3) is 0.385. The Kier molecular flexibility index (Phi) is 9.39. The van der Waals surface area contributed by atoms with Crippen LogP contribution in [0.3, 0.4) is 0 Å². The van der Waals surface area contributed by atoms with Gasteiger partial charge in [0, 0.05) is 85.6 Å². The molecule has 0 atom stereocenters. The molecule has 0 aromatic heterocycles. The van der Waals surface area contributed by atoms with E-state index in [2.05, 4.69) is 32.6 Å². The van der Waals surface area contributed by atoms with Crippen LogP contribution >= 0.6 is 0 Å². The minimum Gasteiger partial charge on any atom is -0.378 e. The van der Waals surface area contributed by atoms with Gasteiger partial charge < -0.3 is 29.9 Å². The highest BCUT2D eigenvalue weighted by atomic mass is 16.5. The summed E-state index contributed by atoms with van der Waals surface area (Å²) >= 11 is 0. The first-order chi connectivity index (χ1) is 25.0. The first kappa shape index (κ1) is 33.3. The maximum Gasteiger partial charge on any atom is 0.261 e. The van der Waals surface area contributed by atoms with Crippen LogP contribution in [0.25, 0.3) is 21.5 Å². The van der Waals surface area contributed by atoms with Crippen LogP contribution in [0.15, 0.2) is 60.7 Å². The van der Waals surface area contributed by atoms with Gasteiger partial charge in [-0.2, -0.15) is 0 Å². The zero-order valence-corrected chi connectivity index (χ0v) is 28.6. The number of benzene rings is 4. The molecule has 4 aliphatic heterocycles. The van der Waals surface area contributed by atoms with Crippen LogP contribution in [0.1, 0.15) is 47.9 Å². The van der Waals surface area contributed by atoms with E-state index in [4.69, 9.17) is 9.47 Å². The molecule has 4 aliphatic rings. The molecule has 0 saturated carbocycles. The average Bonchev–Trinajstić information content (AvgIpc) is 3.17. The summed E-state index contributed by atoms with van der Waals surface area (Å²) in [6.07, 6.45) is 0.792. The van der Waals surface area contributed by atoms with Gasteiger partial charge in [-0.15, -0.1) is 0 Å². The zero-order valence-electron chi connectivity index (χ0n) is 28.6. The first-order valence-electron chi connectivity index (χ1n) is 17.9. The number of morpholine rings is 2. The lowest BCUT2D eigenvalue weighted by atomic mass is 9.93. The largest absolute Gasteiger partial charge is 0.378 e. The topological polar surface area (TPSA) is 124 Å². The van der Waals surface area contributed by atoms with E-state index in [0.717, 1.165) is 65.5 Å². The van der Waals surface area contributed by atoms with Crippen molar-refractivity contribution in [1.82, 2.24) is 20.4 Å². The van der Waals surface area contributed by atoms with Gasteiger partial charge in [-0.25, -0.2) is 0 Å².